The molecule has 2 heterocycles. The van der Waals surface area contributed by atoms with Crippen molar-refractivity contribution in [2.75, 3.05) is 11.4 Å². The topological polar surface area (TPSA) is 40.6 Å². The maximum absolute atomic E-state index is 12.9. The van der Waals surface area contributed by atoms with Crippen molar-refractivity contribution in [3.8, 4) is 0 Å². The number of carbonyl (C=O) groups is 2. The molecule has 0 bridgehead atoms. The van der Waals surface area contributed by atoms with Crippen molar-refractivity contribution >= 4 is 17.5 Å². The Hall–Kier alpha value is -1.84. The average molecular weight is 286 g/mol. The predicted molar refractivity (Wildman–Crippen MR) is 82.0 cm³/mol. The van der Waals surface area contributed by atoms with E-state index in [0.717, 1.165) is 31.5 Å². The Morgan fingerprint density at radius 2 is 2.00 bits per heavy atom. The normalized spacial score (nSPS) is 25.7. The quantitative estimate of drug-likeness (QED) is 0.857. The Labute approximate surface area is 125 Å². The first-order valence-electron chi connectivity index (χ1n) is 7.90. The Bertz CT molecular complexity index is 529. The molecule has 2 atom stereocenters. The van der Waals surface area contributed by atoms with Gasteiger partial charge in [0.15, 0.2) is 0 Å². The van der Waals surface area contributed by atoms with Crippen molar-refractivity contribution < 1.29 is 9.59 Å². The largest absolute Gasteiger partial charge is 0.338 e. The second-order valence-corrected chi connectivity index (χ2v) is 5.89. The van der Waals surface area contributed by atoms with Crippen LogP contribution in [0.15, 0.2) is 30.3 Å². The highest BCUT2D eigenvalue weighted by Crippen LogP contribution is 2.30. The molecule has 21 heavy (non-hydrogen) atoms. The van der Waals surface area contributed by atoms with Crippen LogP contribution >= 0.6 is 0 Å². The van der Waals surface area contributed by atoms with Crippen LogP contribution in [0.4, 0.5) is 5.69 Å². The minimum absolute atomic E-state index is 0.0618. The van der Waals surface area contributed by atoms with E-state index in [1.807, 2.05) is 35.2 Å². The van der Waals surface area contributed by atoms with Crippen molar-refractivity contribution in [1.29, 1.82) is 0 Å². The lowest BCUT2D eigenvalue weighted by Gasteiger charge is -2.31. The van der Waals surface area contributed by atoms with Crippen LogP contribution in [-0.4, -0.2) is 35.3 Å². The molecule has 0 aromatic heterocycles. The molecule has 4 heteroatoms. The number of rotatable bonds is 3. The summed E-state index contributed by atoms with van der Waals surface area (Å²) in [5, 5.41) is 0. The van der Waals surface area contributed by atoms with E-state index in [-0.39, 0.29) is 17.9 Å². The molecule has 1 aromatic rings. The Morgan fingerprint density at radius 3 is 2.71 bits per heavy atom. The van der Waals surface area contributed by atoms with Crippen LogP contribution in [-0.2, 0) is 9.59 Å². The number of carbonyl (C=O) groups excluding carboxylic acids is 2. The maximum Gasteiger partial charge on any atom is 0.246 e. The number of likely N-dealkylation sites (tertiary alicyclic amines) is 1. The van der Waals surface area contributed by atoms with E-state index in [1.165, 1.54) is 0 Å². The van der Waals surface area contributed by atoms with Crippen LogP contribution in [0, 0.1) is 0 Å². The van der Waals surface area contributed by atoms with E-state index in [0.29, 0.717) is 18.9 Å². The van der Waals surface area contributed by atoms with Gasteiger partial charge in [-0.05, 0) is 37.8 Å². The zero-order chi connectivity index (χ0) is 14.8. The van der Waals surface area contributed by atoms with Gasteiger partial charge < -0.3 is 4.90 Å². The van der Waals surface area contributed by atoms with Gasteiger partial charge in [0.25, 0.3) is 0 Å². The van der Waals surface area contributed by atoms with Crippen molar-refractivity contribution in [3.63, 3.8) is 0 Å². The first-order valence-corrected chi connectivity index (χ1v) is 7.90. The van der Waals surface area contributed by atoms with Crippen molar-refractivity contribution in [2.45, 2.75) is 51.1 Å². The summed E-state index contributed by atoms with van der Waals surface area (Å²) < 4.78 is 0. The lowest BCUT2D eigenvalue weighted by Crippen LogP contribution is -2.48. The Kier molecular flexibility index (Phi) is 3.95. The summed E-state index contributed by atoms with van der Waals surface area (Å²) in [7, 11) is 0. The summed E-state index contributed by atoms with van der Waals surface area (Å²) in [4.78, 5) is 28.8. The summed E-state index contributed by atoms with van der Waals surface area (Å²) in [5.74, 6) is 0.195. The first-order chi connectivity index (χ1) is 10.2. The zero-order valence-electron chi connectivity index (χ0n) is 12.5. The highest BCUT2D eigenvalue weighted by Gasteiger charge is 2.41. The molecule has 1 aromatic carbocycles. The SMILES string of the molecule is CCC1CCCN1C(=O)C1CCC(=O)N1c1ccccc1. The van der Waals surface area contributed by atoms with Gasteiger partial charge in [0.1, 0.15) is 6.04 Å². The lowest BCUT2D eigenvalue weighted by molar-refractivity contribution is -0.134. The molecule has 2 saturated heterocycles. The molecular formula is C17H22N2O2. The molecule has 0 saturated carbocycles. The molecular weight excluding hydrogens is 264 g/mol. The highest BCUT2D eigenvalue weighted by molar-refractivity contribution is 6.03. The molecule has 2 amide bonds. The van der Waals surface area contributed by atoms with Crippen LogP contribution < -0.4 is 4.90 Å². The number of amides is 2. The lowest BCUT2D eigenvalue weighted by atomic mass is 10.1. The van der Waals surface area contributed by atoms with Gasteiger partial charge in [0.2, 0.25) is 11.8 Å². The molecule has 3 rings (SSSR count). The van der Waals surface area contributed by atoms with E-state index < -0.39 is 0 Å². The fraction of sp³-hybridized carbons (Fsp3) is 0.529. The summed E-state index contributed by atoms with van der Waals surface area (Å²) in [5.41, 5.74) is 0.839. The standard InChI is InChI=1S/C17H22N2O2/c1-2-13-9-6-12-18(13)17(21)15-10-11-16(20)19(15)14-7-4-3-5-8-14/h3-5,7-8,13,15H,2,6,9-12H2,1H3. The molecule has 4 nitrogen and oxygen atoms in total. The minimum atomic E-state index is -0.313. The third-order valence-electron chi connectivity index (χ3n) is 4.66. The third kappa shape index (κ3) is 2.55. The molecule has 0 aliphatic carbocycles. The van der Waals surface area contributed by atoms with E-state index in [1.54, 1.807) is 4.90 Å². The van der Waals surface area contributed by atoms with Gasteiger partial charge in [-0.1, -0.05) is 25.1 Å². The van der Waals surface area contributed by atoms with E-state index >= 15 is 0 Å². The molecule has 0 N–H and O–H groups in total. The monoisotopic (exact) mass is 286 g/mol. The molecule has 2 unspecified atom stereocenters. The molecule has 0 spiro atoms. The number of benzene rings is 1. The number of anilines is 1. The molecule has 2 fully saturated rings. The third-order valence-corrected chi connectivity index (χ3v) is 4.66. The summed E-state index contributed by atoms with van der Waals surface area (Å²) in [6.07, 6.45) is 4.28. The van der Waals surface area contributed by atoms with Gasteiger partial charge >= 0.3 is 0 Å². The number of nitrogens with zero attached hydrogens (tertiary/aromatic N) is 2. The van der Waals surface area contributed by atoms with E-state index in [9.17, 15) is 9.59 Å². The van der Waals surface area contributed by atoms with Gasteiger partial charge in [0, 0.05) is 24.7 Å². The van der Waals surface area contributed by atoms with Crippen molar-refractivity contribution in [1.82, 2.24) is 4.90 Å². The zero-order valence-corrected chi connectivity index (χ0v) is 12.5. The number of hydrogen-bond donors (Lipinski definition) is 0. The van der Waals surface area contributed by atoms with Gasteiger partial charge in [-0.25, -0.2) is 0 Å². The van der Waals surface area contributed by atoms with E-state index in [2.05, 4.69) is 6.92 Å². The van der Waals surface area contributed by atoms with Gasteiger partial charge in [-0.2, -0.15) is 0 Å². The van der Waals surface area contributed by atoms with Crippen LogP contribution in [0.1, 0.15) is 39.0 Å². The number of para-hydroxylation sites is 1. The molecule has 2 aliphatic rings. The predicted octanol–water partition coefficient (Wildman–Crippen LogP) is 2.58. The second kappa shape index (κ2) is 5.88. The number of hydrogen-bond acceptors (Lipinski definition) is 2. The molecule has 112 valence electrons. The fourth-order valence-corrected chi connectivity index (χ4v) is 3.57. The summed E-state index contributed by atoms with van der Waals surface area (Å²) in [6.45, 7) is 2.97. The van der Waals surface area contributed by atoms with Crippen LogP contribution in [0.25, 0.3) is 0 Å². The van der Waals surface area contributed by atoms with Gasteiger partial charge in [0.05, 0.1) is 0 Å². The van der Waals surface area contributed by atoms with Gasteiger partial charge in [-0.3, -0.25) is 14.5 Å². The Morgan fingerprint density at radius 1 is 1.24 bits per heavy atom. The smallest absolute Gasteiger partial charge is 0.246 e. The molecule has 2 aliphatic heterocycles. The van der Waals surface area contributed by atoms with Crippen LogP contribution in [0.2, 0.25) is 0 Å². The van der Waals surface area contributed by atoms with Gasteiger partial charge in [-0.15, -0.1) is 0 Å². The highest BCUT2D eigenvalue weighted by atomic mass is 16.2. The van der Waals surface area contributed by atoms with Crippen LogP contribution in [0.3, 0.4) is 0 Å². The first kappa shape index (κ1) is 14.1. The van der Waals surface area contributed by atoms with Crippen LogP contribution in [0.5, 0.6) is 0 Å². The summed E-state index contributed by atoms with van der Waals surface area (Å²) in [6, 6.07) is 9.60. The maximum atomic E-state index is 12.9. The second-order valence-electron chi connectivity index (χ2n) is 5.89. The van der Waals surface area contributed by atoms with Crippen molar-refractivity contribution in [2.24, 2.45) is 0 Å². The fourth-order valence-electron chi connectivity index (χ4n) is 3.57. The van der Waals surface area contributed by atoms with E-state index in [4.69, 9.17) is 0 Å². The summed E-state index contributed by atoms with van der Waals surface area (Å²) >= 11 is 0. The Balaban J connectivity index is 1.83. The minimum Gasteiger partial charge on any atom is -0.338 e. The van der Waals surface area contributed by atoms with Crippen molar-refractivity contribution in [3.05, 3.63) is 30.3 Å². The average Bonchev–Trinajstić information content (AvgIpc) is 3.13. The molecule has 0 radical (unpaired) electrons.